The van der Waals surface area contributed by atoms with E-state index in [9.17, 15) is 19.2 Å². The predicted molar refractivity (Wildman–Crippen MR) is 102 cm³/mol. The number of nitrogens with one attached hydrogen (secondary N) is 1. The van der Waals surface area contributed by atoms with E-state index in [2.05, 4.69) is 5.32 Å². The number of imide groups is 1. The van der Waals surface area contributed by atoms with Gasteiger partial charge in [-0.15, -0.1) is 0 Å². The first kappa shape index (κ1) is 20.0. The molecule has 1 saturated carbocycles. The van der Waals surface area contributed by atoms with Gasteiger partial charge in [0.25, 0.3) is 17.7 Å². The zero-order valence-electron chi connectivity index (χ0n) is 16.3. The maximum absolute atomic E-state index is 12.6. The Labute approximate surface area is 164 Å². The summed E-state index contributed by atoms with van der Waals surface area (Å²) >= 11 is 0. The smallest absolute Gasteiger partial charge is 0.327 e. The van der Waals surface area contributed by atoms with E-state index in [-0.39, 0.29) is 29.0 Å². The lowest BCUT2D eigenvalue weighted by atomic mass is 9.95. The number of carbonyl (C=O) groups excluding carboxylic acids is 4. The fourth-order valence-corrected chi connectivity index (χ4v) is 3.71. The van der Waals surface area contributed by atoms with Gasteiger partial charge in [-0.25, -0.2) is 0 Å². The average molecular weight is 386 g/mol. The predicted octanol–water partition coefficient (Wildman–Crippen LogP) is 2.30. The van der Waals surface area contributed by atoms with E-state index in [0.717, 1.165) is 30.6 Å². The molecule has 7 nitrogen and oxygen atoms in total. The summed E-state index contributed by atoms with van der Waals surface area (Å²) in [6, 6.07) is 6.54. The summed E-state index contributed by atoms with van der Waals surface area (Å²) in [4.78, 5) is 50.6. The second-order valence-corrected chi connectivity index (χ2v) is 7.74. The Balaban J connectivity index is 1.61. The van der Waals surface area contributed by atoms with Gasteiger partial charge in [0.1, 0.15) is 6.54 Å². The second-order valence-electron chi connectivity index (χ2n) is 7.74. The molecule has 0 aromatic heterocycles. The van der Waals surface area contributed by atoms with Crippen LogP contribution in [0.4, 0.5) is 0 Å². The minimum Gasteiger partial charge on any atom is -0.451 e. The van der Waals surface area contributed by atoms with Crippen molar-refractivity contribution in [2.45, 2.75) is 58.1 Å². The molecule has 1 atom stereocenters. The molecule has 0 unspecified atom stereocenters. The van der Waals surface area contributed by atoms with Crippen LogP contribution in [0.2, 0.25) is 0 Å². The number of nitrogens with zero attached hydrogens (tertiary/aromatic N) is 1. The monoisotopic (exact) mass is 386 g/mol. The summed E-state index contributed by atoms with van der Waals surface area (Å²) in [5.74, 6) is -2.37. The van der Waals surface area contributed by atoms with Crippen LogP contribution in [-0.4, -0.2) is 47.3 Å². The quantitative estimate of drug-likeness (QED) is 0.598. The summed E-state index contributed by atoms with van der Waals surface area (Å²) in [5.41, 5.74) is 0.548. The largest absolute Gasteiger partial charge is 0.451 e. The average Bonchev–Trinajstić information content (AvgIpc) is 2.92. The molecule has 3 amide bonds. The summed E-state index contributed by atoms with van der Waals surface area (Å²) in [6.45, 7) is 3.08. The highest BCUT2D eigenvalue weighted by atomic mass is 16.5. The van der Waals surface area contributed by atoms with Gasteiger partial charge in [0.15, 0.2) is 6.10 Å². The first-order chi connectivity index (χ1) is 13.4. The van der Waals surface area contributed by atoms with Gasteiger partial charge in [-0.2, -0.15) is 0 Å². The highest BCUT2D eigenvalue weighted by Gasteiger charge is 2.38. The maximum atomic E-state index is 12.6. The van der Waals surface area contributed by atoms with Crippen molar-refractivity contribution in [2.75, 3.05) is 6.54 Å². The van der Waals surface area contributed by atoms with Crippen molar-refractivity contribution < 1.29 is 23.9 Å². The minimum absolute atomic E-state index is 0.109. The number of carbonyl (C=O) groups is 4. The lowest BCUT2D eigenvalue weighted by Crippen LogP contribution is -2.47. The molecule has 1 fully saturated rings. The van der Waals surface area contributed by atoms with Gasteiger partial charge < -0.3 is 10.1 Å². The van der Waals surface area contributed by atoms with Gasteiger partial charge >= 0.3 is 5.97 Å². The van der Waals surface area contributed by atoms with Crippen molar-refractivity contribution in [3.05, 3.63) is 35.4 Å². The Kier molecular flexibility index (Phi) is 6.11. The fraction of sp³-hybridized carbons (Fsp3) is 0.524. The Bertz CT molecular complexity index is 748. The van der Waals surface area contributed by atoms with E-state index in [4.69, 9.17) is 4.74 Å². The van der Waals surface area contributed by atoms with Crippen molar-refractivity contribution >= 4 is 23.7 Å². The zero-order chi connectivity index (χ0) is 20.3. The summed E-state index contributed by atoms with van der Waals surface area (Å²) in [6.07, 6.45) is 4.24. The zero-order valence-corrected chi connectivity index (χ0v) is 16.3. The van der Waals surface area contributed by atoms with E-state index >= 15 is 0 Å². The Morgan fingerprint density at radius 3 is 2.18 bits per heavy atom. The molecule has 0 bridgehead atoms. The number of hydrogen-bond acceptors (Lipinski definition) is 5. The number of rotatable bonds is 6. The fourth-order valence-electron chi connectivity index (χ4n) is 3.71. The molecule has 0 spiro atoms. The van der Waals surface area contributed by atoms with Gasteiger partial charge in [0.2, 0.25) is 0 Å². The molecule has 7 heteroatoms. The molecule has 1 aliphatic carbocycles. The standard InChI is InChI=1S/C21H26N2O5/c1-13(2)18(19(25)22-14-8-4-3-5-9-14)28-17(24)12-23-20(26)15-10-6-7-11-16(15)21(23)27/h6-7,10-11,13-14,18H,3-5,8-9,12H2,1-2H3,(H,22,25)/t18-/m1/s1. The number of fused-ring (bicyclic) bond motifs is 1. The van der Waals surface area contributed by atoms with Crippen LogP contribution in [0.25, 0.3) is 0 Å². The van der Waals surface area contributed by atoms with Crippen LogP contribution >= 0.6 is 0 Å². The minimum atomic E-state index is -0.954. The molecule has 1 aromatic carbocycles. The molecule has 150 valence electrons. The molecular formula is C21H26N2O5. The molecule has 1 aliphatic heterocycles. The molecule has 0 radical (unpaired) electrons. The summed E-state index contributed by atoms with van der Waals surface area (Å²) in [7, 11) is 0. The molecule has 0 saturated heterocycles. The normalized spacial score (nSPS) is 18.2. The van der Waals surface area contributed by atoms with Crippen molar-refractivity contribution in [1.82, 2.24) is 10.2 Å². The first-order valence-electron chi connectivity index (χ1n) is 9.83. The van der Waals surface area contributed by atoms with Gasteiger partial charge in [-0.05, 0) is 30.9 Å². The van der Waals surface area contributed by atoms with Crippen LogP contribution in [0, 0.1) is 5.92 Å². The SMILES string of the molecule is CC(C)[C@@H](OC(=O)CN1C(=O)c2ccccc2C1=O)C(=O)NC1CCCCC1. The molecule has 28 heavy (non-hydrogen) atoms. The van der Waals surface area contributed by atoms with E-state index in [1.54, 1.807) is 38.1 Å². The van der Waals surface area contributed by atoms with Crippen LogP contribution < -0.4 is 5.32 Å². The van der Waals surface area contributed by atoms with E-state index in [1.807, 2.05) is 0 Å². The number of amides is 3. The Morgan fingerprint density at radius 1 is 1.07 bits per heavy atom. The number of ether oxygens (including phenoxy) is 1. The third-order valence-electron chi connectivity index (χ3n) is 5.24. The van der Waals surface area contributed by atoms with Crippen LogP contribution in [0.3, 0.4) is 0 Å². The highest BCUT2D eigenvalue weighted by Crippen LogP contribution is 2.23. The van der Waals surface area contributed by atoms with Crippen LogP contribution in [0.5, 0.6) is 0 Å². The van der Waals surface area contributed by atoms with Gasteiger partial charge in [0, 0.05) is 6.04 Å². The third-order valence-corrected chi connectivity index (χ3v) is 5.24. The van der Waals surface area contributed by atoms with Crippen LogP contribution in [0.1, 0.15) is 66.7 Å². The van der Waals surface area contributed by atoms with E-state index in [1.165, 1.54) is 6.42 Å². The third kappa shape index (κ3) is 4.24. The van der Waals surface area contributed by atoms with Crippen molar-refractivity contribution in [3.63, 3.8) is 0 Å². The van der Waals surface area contributed by atoms with Crippen molar-refractivity contribution in [1.29, 1.82) is 0 Å². The lowest BCUT2D eigenvalue weighted by molar-refractivity contribution is -0.159. The Hall–Kier alpha value is -2.70. The van der Waals surface area contributed by atoms with Crippen molar-refractivity contribution in [2.24, 2.45) is 5.92 Å². The first-order valence-corrected chi connectivity index (χ1v) is 9.83. The number of hydrogen-bond donors (Lipinski definition) is 1. The molecule has 2 aliphatic rings. The molecular weight excluding hydrogens is 360 g/mol. The van der Waals surface area contributed by atoms with Gasteiger partial charge in [-0.3, -0.25) is 24.1 Å². The lowest BCUT2D eigenvalue weighted by Gasteiger charge is -2.27. The van der Waals surface area contributed by atoms with E-state index < -0.39 is 30.4 Å². The molecule has 1 heterocycles. The van der Waals surface area contributed by atoms with Crippen molar-refractivity contribution in [3.8, 4) is 0 Å². The highest BCUT2D eigenvalue weighted by molar-refractivity contribution is 6.22. The van der Waals surface area contributed by atoms with Gasteiger partial charge in [0.05, 0.1) is 11.1 Å². The van der Waals surface area contributed by atoms with E-state index in [0.29, 0.717) is 0 Å². The Morgan fingerprint density at radius 2 is 1.64 bits per heavy atom. The molecule has 1 N–H and O–H groups in total. The topological polar surface area (TPSA) is 92.8 Å². The van der Waals surface area contributed by atoms with Crippen LogP contribution in [-0.2, 0) is 14.3 Å². The summed E-state index contributed by atoms with van der Waals surface area (Å²) in [5, 5.41) is 2.97. The summed E-state index contributed by atoms with van der Waals surface area (Å²) < 4.78 is 5.38. The number of benzene rings is 1. The molecule has 1 aromatic rings. The maximum Gasteiger partial charge on any atom is 0.327 e. The second kappa shape index (κ2) is 8.54. The van der Waals surface area contributed by atoms with Crippen LogP contribution in [0.15, 0.2) is 24.3 Å². The number of esters is 1. The van der Waals surface area contributed by atoms with Gasteiger partial charge in [-0.1, -0.05) is 45.2 Å². The molecule has 3 rings (SSSR count).